The van der Waals surface area contributed by atoms with Gasteiger partial charge in [0.1, 0.15) is 0 Å². The van der Waals surface area contributed by atoms with Crippen LogP contribution >= 0.6 is 15.9 Å². The Labute approximate surface area is 116 Å². The third-order valence-electron chi connectivity index (χ3n) is 3.43. The Kier molecular flexibility index (Phi) is 4.83. The summed E-state index contributed by atoms with van der Waals surface area (Å²) < 4.78 is 5.55. The van der Waals surface area contributed by atoms with Crippen molar-refractivity contribution in [2.45, 2.75) is 32.2 Å². The number of hydrogen-bond donors (Lipinski definition) is 1. The second-order valence-electron chi connectivity index (χ2n) is 4.76. The van der Waals surface area contributed by atoms with Gasteiger partial charge in [0.25, 0.3) is 5.91 Å². The predicted molar refractivity (Wildman–Crippen MR) is 73.6 cm³/mol. The van der Waals surface area contributed by atoms with E-state index in [-0.39, 0.29) is 5.91 Å². The van der Waals surface area contributed by atoms with Crippen LogP contribution in [0.2, 0.25) is 0 Å². The molecular formula is C13H19BrN2O2. The molecule has 2 rings (SSSR count). The van der Waals surface area contributed by atoms with Crippen LogP contribution in [0.4, 0.5) is 0 Å². The molecular weight excluding hydrogens is 296 g/mol. The Morgan fingerprint density at radius 2 is 2.22 bits per heavy atom. The first-order chi connectivity index (χ1) is 8.68. The monoisotopic (exact) mass is 314 g/mol. The molecule has 0 aliphatic carbocycles. The van der Waals surface area contributed by atoms with Crippen molar-refractivity contribution in [1.29, 1.82) is 0 Å². The average molecular weight is 315 g/mol. The maximum atomic E-state index is 11.9. The minimum Gasteiger partial charge on any atom is -0.457 e. The second-order valence-corrected chi connectivity index (χ2v) is 5.48. The molecule has 18 heavy (non-hydrogen) atoms. The van der Waals surface area contributed by atoms with Crippen LogP contribution < -0.4 is 5.32 Å². The van der Waals surface area contributed by atoms with Crippen molar-refractivity contribution in [3.63, 3.8) is 0 Å². The van der Waals surface area contributed by atoms with Crippen molar-refractivity contribution in [3.05, 3.63) is 22.6 Å². The fourth-order valence-corrected chi connectivity index (χ4v) is 2.70. The molecule has 1 atom stereocenters. The highest BCUT2D eigenvalue weighted by Crippen LogP contribution is 2.17. The fourth-order valence-electron chi connectivity index (χ4n) is 2.28. The highest BCUT2D eigenvalue weighted by atomic mass is 79.9. The molecule has 0 saturated carbocycles. The molecule has 1 fully saturated rings. The van der Waals surface area contributed by atoms with E-state index in [9.17, 15) is 4.79 Å². The Balaban J connectivity index is 1.80. The number of rotatable bonds is 4. The summed E-state index contributed by atoms with van der Waals surface area (Å²) in [7, 11) is 0. The van der Waals surface area contributed by atoms with Gasteiger partial charge in [0, 0.05) is 12.6 Å². The molecule has 0 aromatic carbocycles. The molecule has 1 aliphatic heterocycles. The minimum atomic E-state index is -0.0838. The van der Waals surface area contributed by atoms with Crippen molar-refractivity contribution in [3.8, 4) is 0 Å². The van der Waals surface area contributed by atoms with Gasteiger partial charge in [0.2, 0.25) is 0 Å². The topological polar surface area (TPSA) is 45.5 Å². The summed E-state index contributed by atoms with van der Waals surface area (Å²) in [6.45, 7) is 5.13. The van der Waals surface area contributed by atoms with Crippen LogP contribution in [0.3, 0.4) is 0 Å². The Morgan fingerprint density at radius 1 is 1.50 bits per heavy atom. The van der Waals surface area contributed by atoms with Gasteiger partial charge in [-0.25, -0.2) is 0 Å². The van der Waals surface area contributed by atoms with E-state index in [1.807, 2.05) is 0 Å². The standard InChI is InChI=1S/C13H19BrN2O2/c1-10(16-6-3-2-4-7-16)9-15-13(17)11-5-8-18-12(11)14/h5,8,10H,2-4,6-7,9H2,1H3,(H,15,17). The number of halogens is 1. The van der Waals surface area contributed by atoms with Gasteiger partial charge in [0.15, 0.2) is 4.67 Å². The van der Waals surface area contributed by atoms with E-state index in [1.54, 1.807) is 6.07 Å². The van der Waals surface area contributed by atoms with E-state index in [2.05, 4.69) is 33.1 Å². The number of piperidine rings is 1. The summed E-state index contributed by atoms with van der Waals surface area (Å²) in [6, 6.07) is 2.06. The van der Waals surface area contributed by atoms with Crippen LogP contribution in [-0.2, 0) is 0 Å². The SMILES string of the molecule is CC(CNC(=O)c1ccoc1Br)N1CCCCC1. The molecule has 1 N–H and O–H groups in total. The zero-order valence-corrected chi connectivity index (χ0v) is 12.2. The molecule has 0 bridgehead atoms. The second kappa shape index (κ2) is 6.38. The molecule has 1 saturated heterocycles. The van der Waals surface area contributed by atoms with E-state index in [1.165, 1.54) is 25.5 Å². The third kappa shape index (κ3) is 3.36. The lowest BCUT2D eigenvalue weighted by Crippen LogP contribution is -2.44. The summed E-state index contributed by atoms with van der Waals surface area (Å²) in [4.78, 5) is 14.3. The third-order valence-corrected chi connectivity index (χ3v) is 4.05. The first-order valence-corrected chi connectivity index (χ1v) is 7.23. The summed E-state index contributed by atoms with van der Waals surface area (Å²) in [5, 5.41) is 2.95. The van der Waals surface area contributed by atoms with Crippen molar-refractivity contribution in [2.75, 3.05) is 19.6 Å². The number of carbonyl (C=O) groups excluding carboxylic acids is 1. The first-order valence-electron chi connectivity index (χ1n) is 6.43. The summed E-state index contributed by atoms with van der Waals surface area (Å²) in [5.74, 6) is -0.0838. The number of nitrogens with one attached hydrogen (secondary N) is 1. The summed E-state index contributed by atoms with van der Waals surface area (Å²) in [5.41, 5.74) is 0.556. The molecule has 1 amide bonds. The molecule has 1 aliphatic rings. The molecule has 4 nitrogen and oxygen atoms in total. The Morgan fingerprint density at radius 3 is 2.83 bits per heavy atom. The van der Waals surface area contributed by atoms with E-state index in [0.29, 0.717) is 22.8 Å². The van der Waals surface area contributed by atoms with E-state index < -0.39 is 0 Å². The van der Waals surface area contributed by atoms with Crippen LogP contribution in [0.1, 0.15) is 36.5 Å². The van der Waals surface area contributed by atoms with Gasteiger partial charge >= 0.3 is 0 Å². The number of hydrogen-bond acceptors (Lipinski definition) is 3. The van der Waals surface area contributed by atoms with Gasteiger partial charge in [0.05, 0.1) is 11.8 Å². The van der Waals surface area contributed by atoms with Crippen molar-refractivity contribution in [1.82, 2.24) is 10.2 Å². The van der Waals surface area contributed by atoms with Crippen molar-refractivity contribution < 1.29 is 9.21 Å². The molecule has 5 heteroatoms. The normalized spacial score (nSPS) is 18.6. The van der Waals surface area contributed by atoms with Gasteiger partial charge < -0.3 is 9.73 Å². The lowest BCUT2D eigenvalue weighted by atomic mass is 10.1. The van der Waals surface area contributed by atoms with Crippen LogP contribution in [0.25, 0.3) is 0 Å². The quantitative estimate of drug-likeness (QED) is 0.929. The van der Waals surface area contributed by atoms with E-state index in [4.69, 9.17) is 4.42 Å². The van der Waals surface area contributed by atoms with Gasteiger partial charge in [-0.2, -0.15) is 0 Å². The molecule has 1 aromatic rings. The maximum absolute atomic E-state index is 11.9. The smallest absolute Gasteiger partial charge is 0.255 e. The predicted octanol–water partition coefficient (Wildman–Crippen LogP) is 2.65. The fraction of sp³-hybridized carbons (Fsp3) is 0.615. The Hall–Kier alpha value is -0.810. The number of carbonyl (C=O) groups is 1. The minimum absolute atomic E-state index is 0.0838. The largest absolute Gasteiger partial charge is 0.457 e. The highest BCUT2D eigenvalue weighted by Gasteiger charge is 2.18. The van der Waals surface area contributed by atoms with Gasteiger partial charge in [-0.15, -0.1) is 0 Å². The summed E-state index contributed by atoms with van der Waals surface area (Å²) >= 11 is 3.21. The molecule has 1 aromatic heterocycles. The molecule has 0 radical (unpaired) electrons. The van der Waals surface area contributed by atoms with Gasteiger partial charge in [-0.05, 0) is 54.9 Å². The zero-order valence-electron chi connectivity index (χ0n) is 10.6. The lowest BCUT2D eigenvalue weighted by Gasteiger charge is -2.32. The number of amides is 1. The Bertz CT molecular complexity index is 399. The van der Waals surface area contributed by atoms with E-state index >= 15 is 0 Å². The van der Waals surface area contributed by atoms with Crippen LogP contribution in [0.5, 0.6) is 0 Å². The molecule has 100 valence electrons. The van der Waals surface area contributed by atoms with Crippen molar-refractivity contribution >= 4 is 21.8 Å². The van der Waals surface area contributed by atoms with Gasteiger partial charge in [-0.1, -0.05) is 6.42 Å². The van der Waals surface area contributed by atoms with Crippen LogP contribution in [-0.4, -0.2) is 36.5 Å². The highest BCUT2D eigenvalue weighted by molar-refractivity contribution is 9.10. The molecule has 0 spiro atoms. The maximum Gasteiger partial charge on any atom is 0.255 e. The average Bonchev–Trinajstić information content (AvgIpc) is 2.83. The molecule has 1 unspecified atom stereocenters. The van der Waals surface area contributed by atoms with E-state index in [0.717, 1.165) is 13.1 Å². The lowest BCUT2D eigenvalue weighted by molar-refractivity contribution is 0.0928. The number of likely N-dealkylation sites (tertiary alicyclic amines) is 1. The number of furan rings is 1. The number of nitrogens with zero attached hydrogens (tertiary/aromatic N) is 1. The first kappa shape index (κ1) is 13.6. The molecule has 2 heterocycles. The van der Waals surface area contributed by atoms with Gasteiger partial charge in [-0.3, -0.25) is 9.69 Å². The van der Waals surface area contributed by atoms with Crippen LogP contribution in [0, 0.1) is 0 Å². The summed E-state index contributed by atoms with van der Waals surface area (Å²) in [6.07, 6.45) is 5.38. The zero-order chi connectivity index (χ0) is 13.0. The van der Waals surface area contributed by atoms with Crippen LogP contribution in [0.15, 0.2) is 21.4 Å². The van der Waals surface area contributed by atoms with Crippen molar-refractivity contribution in [2.24, 2.45) is 0 Å².